The number of benzene rings is 1. The molecule has 196 valence electrons. The molecule has 0 bridgehead atoms. The summed E-state index contributed by atoms with van der Waals surface area (Å²) in [6, 6.07) is 2.67. The van der Waals surface area contributed by atoms with E-state index in [-0.39, 0.29) is 35.8 Å². The fourth-order valence-electron chi connectivity index (χ4n) is 3.16. The average Bonchev–Trinajstić information content (AvgIpc) is 2.79. The number of hydrogen-bond donors (Lipinski definition) is 8. The highest BCUT2D eigenvalue weighted by Gasteiger charge is 2.23. The Balaban J connectivity index is 2.29. The summed E-state index contributed by atoms with van der Waals surface area (Å²) in [5.41, 5.74) is 10.9. The number of carbonyl (C=O) groups excluding carboxylic acids is 4. The van der Waals surface area contributed by atoms with Gasteiger partial charge in [-0.25, -0.2) is 0 Å². The van der Waals surface area contributed by atoms with Gasteiger partial charge in [0, 0.05) is 37.7 Å². The molecule has 0 spiro atoms. The minimum absolute atomic E-state index is 0.0239. The number of phenols is 2. The van der Waals surface area contributed by atoms with Crippen molar-refractivity contribution in [1.82, 2.24) is 21.3 Å². The van der Waals surface area contributed by atoms with Gasteiger partial charge in [0.2, 0.25) is 23.6 Å². The van der Waals surface area contributed by atoms with Crippen molar-refractivity contribution >= 4 is 23.6 Å². The van der Waals surface area contributed by atoms with Crippen LogP contribution in [0.5, 0.6) is 11.5 Å². The lowest BCUT2D eigenvalue weighted by Gasteiger charge is -2.17. The predicted octanol–water partition coefficient (Wildman–Crippen LogP) is -1.27. The molecule has 0 aliphatic carbocycles. The summed E-state index contributed by atoms with van der Waals surface area (Å²) in [6.07, 6.45) is 2.83. The lowest BCUT2D eigenvalue weighted by molar-refractivity contribution is -0.131. The number of nitrogens with one attached hydrogen (secondary N) is 4. The van der Waals surface area contributed by atoms with E-state index in [0.717, 1.165) is 31.9 Å². The molecule has 4 amide bonds. The Kier molecular flexibility index (Phi) is 14.5. The van der Waals surface area contributed by atoms with Gasteiger partial charge >= 0.3 is 0 Å². The van der Waals surface area contributed by atoms with Crippen LogP contribution in [-0.4, -0.2) is 72.6 Å². The van der Waals surface area contributed by atoms with E-state index >= 15 is 0 Å². The number of hydrogen-bond acceptors (Lipinski definition) is 8. The average molecular weight is 495 g/mol. The molecule has 0 fully saturated rings. The summed E-state index contributed by atoms with van der Waals surface area (Å²) in [5.74, 6) is -2.30. The standard InChI is InChI=1S/C23H38N6O6/c24-8-4-9-26-12-7-21(33)27-10-2-1-3-11-28-23(35)18(15-20(25)32)29-22(34)13-16-5-6-17(30)14-19(16)31/h5-6,14,18,26,30-31H,1-4,7-13,15,24H2,(H2,25,32)(H,27,33)(H,28,35)(H,29,34). The molecule has 12 nitrogen and oxygen atoms in total. The van der Waals surface area contributed by atoms with E-state index in [9.17, 15) is 29.4 Å². The summed E-state index contributed by atoms with van der Waals surface area (Å²) >= 11 is 0. The molecule has 1 aromatic carbocycles. The molecule has 1 atom stereocenters. The molecular formula is C23H38N6O6. The molecule has 1 rings (SSSR count). The van der Waals surface area contributed by atoms with Crippen LogP contribution in [0.2, 0.25) is 0 Å². The molecule has 0 saturated carbocycles. The van der Waals surface area contributed by atoms with Crippen LogP contribution >= 0.6 is 0 Å². The third-order valence-electron chi connectivity index (χ3n) is 5.04. The summed E-state index contributed by atoms with van der Waals surface area (Å²) in [7, 11) is 0. The van der Waals surface area contributed by atoms with Gasteiger partial charge in [0.15, 0.2) is 0 Å². The molecule has 0 saturated heterocycles. The van der Waals surface area contributed by atoms with Crippen LogP contribution in [0.15, 0.2) is 18.2 Å². The number of nitrogens with two attached hydrogens (primary N) is 2. The number of amides is 4. The zero-order chi connectivity index (χ0) is 26.1. The monoisotopic (exact) mass is 494 g/mol. The Labute approximate surface area is 205 Å². The number of unbranched alkanes of at least 4 members (excludes halogenated alkanes) is 2. The van der Waals surface area contributed by atoms with Crippen LogP contribution in [0.25, 0.3) is 0 Å². The van der Waals surface area contributed by atoms with Gasteiger partial charge in [-0.05, 0) is 44.8 Å². The molecule has 0 aliphatic heterocycles. The van der Waals surface area contributed by atoms with Crippen molar-refractivity contribution in [3.05, 3.63) is 23.8 Å². The van der Waals surface area contributed by atoms with E-state index in [0.29, 0.717) is 39.0 Å². The van der Waals surface area contributed by atoms with Gasteiger partial charge in [-0.2, -0.15) is 0 Å². The number of rotatable bonds is 18. The van der Waals surface area contributed by atoms with Crippen LogP contribution < -0.4 is 32.7 Å². The molecule has 1 unspecified atom stereocenters. The molecular weight excluding hydrogens is 456 g/mol. The largest absolute Gasteiger partial charge is 0.508 e. The zero-order valence-electron chi connectivity index (χ0n) is 20.0. The van der Waals surface area contributed by atoms with Gasteiger partial charge in [-0.3, -0.25) is 19.2 Å². The fourth-order valence-corrected chi connectivity index (χ4v) is 3.16. The van der Waals surface area contributed by atoms with Crippen molar-refractivity contribution < 1.29 is 29.4 Å². The maximum atomic E-state index is 12.4. The number of primary amides is 1. The Morgan fingerprint density at radius 3 is 2.26 bits per heavy atom. The predicted molar refractivity (Wildman–Crippen MR) is 130 cm³/mol. The third kappa shape index (κ3) is 13.8. The highest BCUT2D eigenvalue weighted by atomic mass is 16.3. The fraction of sp³-hybridized carbons (Fsp3) is 0.565. The quantitative estimate of drug-likeness (QED) is 0.115. The maximum absolute atomic E-state index is 12.4. The first-order chi connectivity index (χ1) is 16.7. The second kappa shape index (κ2) is 17.1. The van der Waals surface area contributed by atoms with Crippen LogP contribution in [0.1, 0.15) is 44.1 Å². The molecule has 0 radical (unpaired) electrons. The lowest BCUT2D eigenvalue weighted by Crippen LogP contribution is -2.49. The second-order valence-corrected chi connectivity index (χ2v) is 8.12. The van der Waals surface area contributed by atoms with Crippen LogP contribution in [0.4, 0.5) is 0 Å². The van der Waals surface area contributed by atoms with Crippen molar-refractivity contribution in [1.29, 1.82) is 0 Å². The third-order valence-corrected chi connectivity index (χ3v) is 5.04. The zero-order valence-corrected chi connectivity index (χ0v) is 20.0. The summed E-state index contributed by atoms with van der Waals surface area (Å²) in [5, 5.41) is 30.2. The van der Waals surface area contributed by atoms with Gasteiger partial charge < -0.3 is 42.9 Å². The Morgan fingerprint density at radius 2 is 1.60 bits per heavy atom. The van der Waals surface area contributed by atoms with E-state index in [1.807, 2.05) is 0 Å². The number of aromatic hydroxyl groups is 2. The molecule has 0 aromatic heterocycles. The first-order valence-corrected chi connectivity index (χ1v) is 11.8. The van der Waals surface area contributed by atoms with Crippen molar-refractivity contribution in [3.8, 4) is 11.5 Å². The summed E-state index contributed by atoms with van der Waals surface area (Å²) in [4.78, 5) is 47.8. The summed E-state index contributed by atoms with van der Waals surface area (Å²) in [6.45, 7) is 2.90. The van der Waals surface area contributed by atoms with E-state index in [2.05, 4.69) is 21.3 Å². The van der Waals surface area contributed by atoms with Crippen LogP contribution in [0, 0.1) is 0 Å². The molecule has 0 heterocycles. The lowest BCUT2D eigenvalue weighted by atomic mass is 10.1. The number of carbonyl (C=O) groups is 4. The van der Waals surface area contributed by atoms with Crippen LogP contribution in [0.3, 0.4) is 0 Å². The topological polar surface area (TPSA) is 209 Å². The smallest absolute Gasteiger partial charge is 0.243 e. The van der Waals surface area contributed by atoms with Crippen molar-refractivity contribution in [3.63, 3.8) is 0 Å². The normalized spacial score (nSPS) is 11.5. The van der Waals surface area contributed by atoms with Crippen molar-refractivity contribution in [2.24, 2.45) is 11.5 Å². The van der Waals surface area contributed by atoms with Gasteiger partial charge in [0.1, 0.15) is 17.5 Å². The Bertz CT molecular complexity index is 835. The SMILES string of the molecule is NCCCNCCC(=O)NCCCCCNC(=O)C(CC(N)=O)NC(=O)Cc1ccc(O)cc1O. The first-order valence-electron chi connectivity index (χ1n) is 11.8. The maximum Gasteiger partial charge on any atom is 0.243 e. The highest BCUT2D eigenvalue weighted by molar-refractivity contribution is 5.92. The van der Waals surface area contributed by atoms with E-state index in [1.54, 1.807) is 0 Å². The molecule has 0 aliphatic rings. The van der Waals surface area contributed by atoms with E-state index in [1.165, 1.54) is 12.1 Å². The molecule has 12 heteroatoms. The van der Waals surface area contributed by atoms with E-state index in [4.69, 9.17) is 11.5 Å². The van der Waals surface area contributed by atoms with Gasteiger partial charge in [-0.1, -0.05) is 6.07 Å². The summed E-state index contributed by atoms with van der Waals surface area (Å²) < 4.78 is 0. The van der Waals surface area contributed by atoms with Gasteiger partial charge in [-0.15, -0.1) is 0 Å². The number of phenolic OH excluding ortho intramolecular Hbond substituents is 2. The highest BCUT2D eigenvalue weighted by Crippen LogP contribution is 2.22. The van der Waals surface area contributed by atoms with Crippen molar-refractivity contribution in [2.75, 3.05) is 32.7 Å². The van der Waals surface area contributed by atoms with E-state index < -0.39 is 23.8 Å². The Hall–Kier alpha value is -3.38. The first kappa shape index (κ1) is 29.7. The van der Waals surface area contributed by atoms with Gasteiger partial charge in [0.25, 0.3) is 0 Å². The van der Waals surface area contributed by atoms with Crippen LogP contribution in [-0.2, 0) is 25.6 Å². The minimum Gasteiger partial charge on any atom is -0.508 e. The Morgan fingerprint density at radius 1 is 0.886 bits per heavy atom. The van der Waals surface area contributed by atoms with Crippen molar-refractivity contribution in [2.45, 2.75) is 51.0 Å². The molecule has 10 N–H and O–H groups in total. The second-order valence-electron chi connectivity index (χ2n) is 8.12. The molecule has 1 aromatic rings. The van der Waals surface area contributed by atoms with Gasteiger partial charge in [0.05, 0.1) is 12.8 Å². The molecule has 35 heavy (non-hydrogen) atoms. The minimum atomic E-state index is -1.14.